The largest absolute Gasteiger partial charge is 0.495 e. The summed E-state index contributed by atoms with van der Waals surface area (Å²) in [7, 11) is 1.50. The van der Waals surface area contributed by atoms with Gasteiger partial charge < -0.3 is 30.4 Å². The number of benzene rings is 2. The first-order valence-corrected chi connectivity index (χ1v) is 9.83. The second-order valence-electron chi connectivity index (χ2n) is 6.96. The quantitative estimate of drug-likeness (QED) is 0.424. The molecule has 0 saturated heterocycles. The number of furan rings is 1. The van der Waals surface area contributed by atoms with Gasteiger partial charge in [0.1, 0.15) is 11.8 Å². The summed E-state index contributed by atoms with van der Waals surface area (Å²) in [5, 5.41) is 11.3. The zero-order valence-corrected chi connectivity index (χ0v) is 17.9. The van der Waals surface area contributed by atoms with Crippen molar-refractivity contribution in [2.75, 3.05) is 28.4 Å². The Kier molecular flexibility index (Phi) is 7.12. The van der Waals surface area contributed by atoms with E-state index in [9.17, 15) is 14.4 Å². The molecule has 1 aromatic heterocycles. The number of hydrogen-bond acceptors (Lipinski definition) is 6. The number of rotatable bonds is 8. The van der Waals surface area contributed by atoms with Crippen molar-refractivity contribution < 1.29 is 23.5 Å². The average molecular weight is 436 g/mol. The SMILES string of the molecule is COc1ccc(NC(C)=O)cc1NC(=O)[C@@H](C)Nc1ccc(NC(=O)c2ccco2)cc1. The predicted molar refractivity (Wildman–Crippen MR) is 122 cm³/mol. The molecule has 0 spiro atoms. The molecule has 0 unspecified atom stereocenters. The van der Waals surface area contributed by atoms with Crippen LogP contribution in [0.15, 0.2) is 65.3 Å². The highest BCUT2D eigenvalue weighted by atomic mass is 16.5. The van der Waals surface area contributed by atoms with Crippen molar-refractivity contribution >= 4 is 40.5 Å². The van der Waals surface area contributed by atoms with Gasteiger partial charge in [-0.15, -0.1) is 0 Å². The van der Waals surface area contributed by atoms with Gasteiger partial charge in [-0.2, -0.15) is 0 Å². The van der Waals surface area contributed by atoms with Crippen LogP contribution in [0, 0.1) is 0 Å². The van der Waals surface area contributed by atoms with Crippen molar-refractivity contribution in [1.29, 1.82) is 0 Å². The van der Waals surface area contributed by atoms with E-state index in [0.29, 0.717) is 28.5 Å². The fraction of sp³-hybridized carbons (Fsp3) is 0.174. The average Bonchev–Trinajstić information content (AvgIpc) is 3.30. The smallest absolute Gasteiger partial charge is 0.291 e. The van der Waals surface area contributed by atoms with Crippen LogP contribution in [0.2, 0.25) is 0 Å². The van der Waals surface area contributed by atoms with E-state index in [1.54, 1.807) is 61.5 Å². The topological polar surface area (TPSA) is 122 Å². The van der Waals surface area contributed by atoms with Crippen LogP contribution in [0.3, 0.4) is 0 Å². The Hall–Kier alpha value is -4.27. The number of carbonyl (C=O) groups excluding carboxylic acids is 3. The molecule has 4 N–H and O–H groups in total. The zero-order chi connectivity index (χ0) is 23.1. The number of nitrogens with one attached hydrogen (secondary N) is 4. The maximum Gasteiger partial charge on any atom is 0.291 e. The van der Waals surface area contributed by atoms with E-state index in [1.807, 2.05) is 0 Å². The molecule has 9 nitrogen and oxygen atoms in total. The summed E-state index contributed by atoms with van der Waals surface area (Å²) in [6.07, 6.45) is 1.43. The Labute approximate surface area is 185 Å². The van der Waals surface area contributed by atoms with Crippen LogP contribution in [-0.4, -0.2) is 30.9 Å². The molecule has 3 amide bonds. The van der Waals surface area contributed by atoms with Gasteiger partial charge in [-0.1, -0.05) is 0 Å². The van der Waals surface area contributed by atoms with Crippen LogP contribution in [0.1, 0.15) is 24.4 Å². The summed E-state index contributed by atoms with van der Waals surface area (Å²) < 4.78 is 10.4. The molecule has 3 rings (SSSR count). The molecule has 0 aliphatic rings. The van der Waals surface area contributed by atoms with Crippen molar-refractivity contribution in [2.24, 2.45) is 0 Å². The molecule has 0 saturated carbocycles. The third-order valence-corrected chi connectivity index (χ3v) is 4.44. The van der Waals surface area contributed by atoms with Gasteiger partial charge in [-0.25, -0.2) is 0 Å². The third kappa shape index (κ3) is 5.88. The Balaban J connectivity index is 1.60. The highest BCUT2D eigenvalue weighted by Gasteiger charge is 2.16. The lowest BCUT2D eigenvalue weighted by molar-refractivity contribution is -0.116. The van der Waals surface area contributed by atoms with E-state index in [2.05, 4.69) is 21.3 Å². The summed E-state index contributed by atoms with van der Waals surface area (Å²) in [5.74, 6) is -0.171. The van der Waals surface area contributed by atoms with Crippen LogP contribution in [0.5, 0.6) is 5.75 Å². The van der Waals surface area contributed by atoms with Crippen molar-refractivity contribution in [2.45, 2.75) is 19.9 Å². The van der Waals surface area contributed by atoms with E-state index in [4.69, 9.17) is 9.15 Å². The van der Waals surface area contributed by atoms with Crippen LogP contribution in [-0.2, 0) is 9.59 Å². The van der Waals surface area contributed by atoms with Gasteiger partial charge >= 0.3 is 0 Å². The monoisotopic (exact) mass is 436 g/mol. The van der Waals surface area contributed by atoms with E-state index in [0.717, 1.165) is 0 Å². The molecular formula is C23H24N4O5. The second kappa shape index (κ2) is 10.2. The summed E-state index contributed by atoms with van der Waals surface area (Å²) >= 11 is 0. The summed E-state index contributed by atoms with van der Waals surface area (Å²) in [4.78, 5) is 36.0. The molecule has 0 aliphatic heterocycles. The molecule has 0 aliphatic carbocycles. The first-order valence-electron chi connectivity index (χ1n) is 9.83. The molecule has 2 aromatic carbocycles. The first-order chi connectivity index (χ1) is 15.4. The number of carbonyl (C=O) groups is 3. The first kappa shape index (κ1) is 22.4. The van der Waals surface area contributed by atoms with Crippen LogP contribution in [0.25, 0.3) is 0 Å². The maximum absolute atomic E-state index is 12.7. The fourth-order valence-electron chi connectivity index (χ4n) is 2.89. The van der Waals surface area contributed by atoms with Crippen LogP contribution < -0.4 is 26.0 Å². The number of methoxy groups -OCH3 is 1. The van der Waals surface area contributed by atoms with Gasteiger partial charge in [0.2, 0.25) is 11.8 Å². The van der Waals surface area contributed by atoms with Crippen molar-refractivity contribution in [3.05, 3.63) is 66.6 Å². The molecule has 0 radical (unpaired) electrons. The molecule has 3 aromatic rings. The Morgan fingerprint density at radius 2 is 1.59 bits per heavy atom. The van der Waals surface area contributed by atoms with E-state index < -0.39 is 6.04 Å². The lowest BCUT2D eigenvalue weighted by atomic mass is 10.2. The Bertz CT molecular complexity index is 1090. The summed E-state index contributed by atoms with van der Waals surface area (Å²) in [6.45, 7) is 3.12. The van der Waals surface area contributed by atoms with Crippen molar-refractivity contribution in [1.82, 2.24) is 0 Å². The lowest BCUT2D eigenvalue weighted by Crippen LogP contribution is -2.32. The Morgan fingerprint density at radius 1 is 0.906 bits per heavy atom. The third-order valence-electron chi connectivity index (χ3n) is 4.44. The van der Waals surface area contributed by atoms with Gasteiger partial charge in [0, 0.05) is 24.0 Å². The fourth-order valence-corrected chi connectivity index (χ4v) is 2.89. The second-order valence-corrected chi connectivity index (χ2v) is 6.96. The van der Waals surface area contributed by atoms with E-state index in [-0.39, 0.29) is 23.5 Å². The number of anilines is 4. The van der Waals surface area contributed by atoms with E-state index in [1.165, 1.54) is 20.3 Å². The van der Waals surface area contributed by atoms with E-state index >= 15 is 0 Å². The van der Waals surface area contributed by atoms with Crippen molar-refractivity contribution in [3.8, 4) is 5.75 Å². The maximum atomic E-state index is 12.7. The number of amides is 3. The van der Waals surface area contributed by atoms with Gasteiger partial charge in [-0.3, -0.25) is 14.4 Å². The van der Waals surface area contributed by atoms with Crippen LogP contribution in [0.4, 0.5) is 22.7 Å². The number of ether oxygens (including phenoxy) is 1. The molecule has 9 heteroatoms. The highest BCUT2D eigenvalue weighted by molar-refractivity contribution is 6.02. The molecular weight excluding hydrogens is 412 g/mol. The molecule has 0 bridgehead atoms. The molecule has 1 heterocycles. The molecule has 0 fully saturated rings. The lowest BCUT2D eigenvalue weighted by Gasteiger charge is -2.17. The van der Waals surface area contributed by atoms with Crippen LogP contribution >= 0.6 is 0 Å². The predicted octanol–water partition coefficient (Wildman–Crippen LogP) is 3.94. The Morgan fingerprint density at radius 3 is 2.22 bits per heavy atom. The highest BCUT2D eigenvalue weighted by Crippen LogP contribution is 2.28. The minimum Gasteiger partial charge on any atom is -0.495 e. The minimum atomic E-state index is -0.576. The summed E-state index contributed by atoms with van der Waals surface area (Å²) in [6, 6.07) is 14.5. The van der Waals surface area contributed by atoms with Gasteiger partial charge in [0.15, 0.2) is 5.76 Å². The number of hydrogen-bond donors (Lipinski definition) is 4. The zero-order valence-electron chi connectivity index (χ0n) is 17.9. The van der Waals surface area contributed by atoms with Crippen molar-refractivity contribution in [3.63, 3.8) is 0 Å². The standard InChI is InChI=1S/C23H24N4O5/c1-14(22(29)27-19-13-18(25-15(2)28)10-11-20(19)31-3)24-16-6-8-17(9-7-16)26-23(30)21-5-4-12-32-21/h4-14,24H,1-3H3,(H,25,28)(H,26,30)(H,27,29)/t14-/m1/s1. The minimum absolute atomic E-state index is 0.216. The molecule has 1 atom stereocenters. The van der Waals surface area contributed by atoms with Gasteiger partial charge in [0.05, 0.1) is 19.1 Å². The van der Waals surface area contributed by atoms with Gasteiger partial charge in [0.25, 0.3) is 5.91 Å². The molecule has 166 valence electrons. The normalized spacial score (nSPS) is 11.2. The van der Waals surface area contributed by atoms with Gasteiger partial charge in [-0.05, 0) is 61.5 Å². The molecule has 32 heavy (non-hydrogen) atoms. The summed E-state index contributed by atoms with van der Waals surface area (Å²) in [5.41, 5.74) is 2.27.